The molecular weight excluding hydrogens is 877 g/mol. The Labute approximate surface area is 322 Å². The molecule has 8 N–H and O–H groups in total. The van der Waals surface area contributed by atoms with Gasteiger partial charge < -0.3 is 0 Å². The van der Waals surface area contributed by atoms with Gasteiger partial charge in [0.15, 0.2) is 0 Å². The van der Waals surface area contributed by atoms with Crippen molar-refractivity contribution in [2.24, 2.45) is 47.3 Å². The molecule has 9 fully saturated rings. The average Bonchev–Trinajstić information content (AvgIpc) is 3.86. The molecular formula is C32H52AuN12O8+. The van der Waals surface area contributed by atoms with Gasteiger partial charge in [0.05, 0.1) is 61.2 Å². The minimum Gasteiger partial charge on any atom is -0.286 e. The first-order chi connectivity index (χ1) is 25.1. The van der Waals surface area contributed by atoms with Gasteiger partial charge in [0, 0.05) is 19.7 Å². The second-order valence-electron chi connectivity index (χ2n) is 17.2. The van der Waals surface area contributed by atoms with Crippen LogP contribution in [0.25, 0.3) is 0 Å². The summed E-state index contributed by atoms with van der Waals surface area (Å²) in [4.78, 5) is 47.2. The molecule has 4 saturated carbocycles. The fourth-order valence-electron chi connectivity index (χ4n) is 13.1. The Morgan fingerprint density at radius 1 is 0.321 bits per heavy atom. The van der Waals surface area contributed by atoms with Gasteiger partial charge >= 0.3 is 34.5 Å². The van der Waals surface area contributed by atoms with Crippen LogP contribution in [0, 0.1) is 87.8 Å². The van der Waals surface area contributed by atoms with Crippen molar-refractivity contribution in [3.8, 4) is 0 Å². The number of fused-ring (bicyclic) bond motifs is 20. The van der Waals surface area contributed by atoms with Gasteiger partial charge in [-0.2, -0.15) is 0 Å². The molecule has 20 nitrogen and oxygen atoms in total. The van der Waals surface area contributed by atoms with Gasteiger partial charge in [0.25, 0.3) is 12.1 Å². The summed E-state index contributed by atoms with van der Waals surface area (Å²) in [5.41, 5.74) is 0. The van der Waals surface area contributed by atoms with E-state index in [9.17, 15) is 40.5 Å². The van der Waals surface area contributed by atoms with E-state index in [1.807, 2.05) is 0 Å². The van der Waals surface area contributed by atoms with Crippen molar-refractivity contribution in [3.05, 3.63) is 40.5 Å². The Hall–Kier alpha value is -1.98. The summed E-state index contributed by atoms with van der Waals surface area (Å²) >= 11 is 0. The van der Waals surface area contributed by atoms with Crippen LogP contribution in [0.3, 0.4) is 0 Å². The Balaban J connectivity index is 0.00000400. The number of nitrogens with zero attached hydrogens (tertiary/aromatic N) is 4. The van der Waals surface area contributed by atoms with Crippen LogP contribution in [-0.2, 0) is 22.4 Å². The van der Waals surface area contributed by atoms with Gasteiger partial charge in [0.1, 0.15) is 0 Å². The van der Waals surface area contributed by atoms with Crippen molar-refractivity contribution in [1.82, 2.24) is 42.5 Å². The zero-order chi connectivity index (χ0) is 36.0. The van der Waals surface area contributed by atoms with E-state index in [1.54, 1.807) is 0 Å². The maximum Gasteiger partial charge on any atom is 1.00 e. The van der Waals surface area contributed by atoms with Gasteiger partial charge in [-0.25, -0.2) is 0 Å². The van der Waals surface area contributed by atoms with Crippen LogP contribution >= 0.6 is 0 Å². The molecule has 0 spiro atoms. The SMILES string of the molecule is O=[N+]([O-])C1C2C3NC4NC(NC5NC(NC6NC(NC(N3)C2C([N+](=O)[O-])C([N+](=O)[O-])C1[N+](=O)[O-])C1CCCCC61)C1CCCCC51)C1CCCCC41.[Au+]. The average molecular weight is 930 g/mol. The van der Waals surface area contributed by atoms with E-state index in [0.717, 1.165) is 64.2 Å². The van der Waals surface area contributed by atoms with Crippen LogP contribution in [0.15, 0.2) is 0 Å². The fraction of sp³-hybridized carbons (Fsp3) is 1.00. The van der Waals surface area contributed by atoms with Crippen molar-refractivity contribution in [3.63, 3.8) is 0 Å². The predicted molar refractivity (Wildman–Crippen MR) is 182 cm³/mol. The first-order valence-corrected chi connectivity index (χ1v) is 19.7. The molecule has 5 heterocycles. The molecule has 0 amide bonds. The molecule has 20 atom stereocenters. The van der Waals surface area contributed by atoms with E-state index in [-0.39, 0.29) is 83.0 Å². The fourth-order valence-corrected chi connectivity index (χ4v) is 13.1. The Morgan fingerprint density at radius 3 is 0.717 bits per heavy atom. The van der Waals surface area contributed by atoms with E-state index in [4.69, 9.17) is 0 Å². The predicted octanol–water partition coefficient (Wildman–Crippen LogP) is -0.376. The van der Waals surface area contributed by atoms with Crippen LogP contribution in [0.5, 0.6) is 0 Å². The molecule has 9 aliphatic rings. The minimum atomic E-state index is -2.38. The number of nitro groups is 4. The number of hydrogen-bond acceptors (Lipinski definition) is 16. The van der Waals surface area contributed by atoms with Crippen LogP contribution in [-0.4, -0.2) is 93.2 Å². The molecule has 21 heteroatoms. The first-order valence-electron chi connectivity index (χ1n) is 19.7. The second kappa shape index (κ2) is 14.8. The number of nitrogens with one attached hydrogen (secondary N) is 8. The van der Waals surface area contributed by atoms with Gasteiger partial charge in [0.2, 0.25) is 0 Å². The van der Waals surface area contributed by atoms with E-state index >= 15 is 0 Å². The standard InChI is InChI=1S/C32H52N12O8.Au/c45-41(46)21-19-20(22(42(47)48)24(44(51)52)23(21)43(49)50)32-39-30-18-12-6-4-10-16(18)28(37-30)35-26-14-8-2-1-7-13(14)25(33-26)34-27-15-9-3-5-11-17(15)29(36-27)38-31(19)40-32;/h13-40H,1-12H2;/q;+1. The normalized spacial score (nSPS) is 51.5. The number of hydrogen-bond donors (Lipinski definition) is 8. The minimum absolute atomic E-state index is 0. The van der Waals surface area contributed by atoms with E-state index in [2.05, 4.69) is 42.5 Å². The van der Waals surface area contributed by atoms with Crippen LogP contribution in [0.1, 0.15) is 77.0 Å². The molecule has 9 rings (SSSR count). The van der Waals surface area contributed by atoms with E-state index < -0.39 is 68.0 Å². The van der Waals surface area contributed by atoms with Crippen molar-refractivity contribution >= 4 is 0 Å². The van der Waals surface area contributed by atoms with Crippen LogP contribution in [0.4, 0.5) is 0 Å². The van der Waals surface area contributed by atoms with Gasteiger partial charge in [-0.15, -0.1) is 0 Å². The van der Waals surface area contributed by atoms with Crippen molar-refractivity contribution in [2.75, 3.05) is 0 Å². The summed E-state index contributed by atoms with van der Waals surface area (Å²) in [7, 11) is 0. The van der Waals surface area contributed by atoms with Gasteiger partial charge in [-0.05, 0) is 74.0 Å². The molecule has 0 aromatic heterocycles. The second-order valence-corrected chi connectivity index (χ2v) is 17.2. The largest absolute Gasteiger partial charge is 1.00 e. The Bertz CT molecular complexity index is 1350. The third-order valence-corrected chi connectivity index (χ3v) is 15.1. The molecule has 53 heavy (non-hydrogen) atoms. The number of rotatable bonds is 4. The van der Waals surface area contributed by atoms with E-state index in [0.29, 0.717) is 11.8 Å². The summed E-state index contributed by atoms with van der Waals surface area (Å²) in [5, 5.41) is 81.0. The summed E-state index contributed by atoms with van der Waals surface area (Å²) < 4.78 is 0. The third kappa shape index (κ3) is 6.33. The summed E-state index contributed by atoms with van der Waals surface area (Å²) in [6, 6.07) is -8.81. The molecule has 0 aromatic rings. The van der Waals surface area contributed by atoms with Crippen LogP contribution in [0.2, 0.25) is 0 Å². The zero-order valence-corrected chi connectivity index (χ0v) is 31.6. The first kappa shape index (κ1) is 37.9. The Kier molecular flexibility index (Phi) is 10.6. The molecule has 0 radical (unpaired) electrons. The zero-order valence-electron chi connectivity index (χ0n) is 29.4. The molecule has 5 aliphatic heterocycles. The maximum atomic E-state index is 12.9. The smallest absolute Gasteiger partial charge is 0.286 e. The molecule has 8 bridgehead atoms. The van der Waals surface area contributed by atoms with Crippen molar-refractivity contribution in [2.45, 2.75) is 151 Å². The Morgan fingerprint density at radius 2 is 0.509 bits per heavy atom. The molecule has 20 unspecified atom stereocenters. The third-order valence-electron chi connectivity index (χ3n) is 15.1. The van der Waals surface area contributed by atoms with Crippen molar-refractivity contribution in [1.29, 1.82) is 0 Å². The van der Waals surface area contributed by atoms with E-state index in [1.165, 1.54) is 12.8 Å². The molecule has 298 valence electrons. The monoisotopic (exact) mass is 929 g/mol. The summed E-state index contributed by atoms with van der Waals surface area (Å²) in [5.74, 6) is -0.811. The molecule has 0 aromatic carbocycles. The van der Waals surface area contributed by atoms with Gasteiger partial charge in [-0.3, -0.25) is 83.0 Å². The maximum absolute atomic E-state index is 12.9. The quantitative estimate of drug-likeness (QED) is 0.102. The van der Waals surface area contributed by atoms with Crippen LogP contribution < -0.4 is 42.5 Å². The summed E-state index contributed by atoms with van der Waals surface area (Å²) in [6.45, 7) is 0. The van der Waals surface area contributed by atoms with Gasteiger partial charge in [-0.1, -0.05) is 38.5 Å². The molecule has 5 saturated heterocycles. The van der Waals surface area contributed by atoms with Crippen molar-refractivity contribution < 1.29 is 42.1 Å². The topological polar surface area (TPSA) is 269 Å². The summed E-state index contributed by atoms with van der Waals surface area (Å²) in [6.07, 6.45) is 10.1. The molecule has 4 aliphatic carbocycles.